The zero-order valence-corrected chi connectivity index (χ0v) is 5.90. The first-order chi connectivity index (χ1) is 5.22. The topological polar surface area (TPSA) is 41.2 Å². The van der Waals surface area contributed by atoms with Gasteiger partial charge in [-0.25, -0.2) is 4.79 Å². The lowest BCUT2D eigenvalue weighted by atomic mass is 10.4. The lowest BCUT2D eigenvalue weighted by Crippen LogP contribution is -2.34. The molecule has 1 heterocycles. The van der Waals surface area contributed by atoms with E-state index in [1.165, 1.54) is 4.57 Å². The maximum absolute atomic E-state index is 10.4. The number of hydrogen-bond donors (Lipinski definition) is 1. The van der Waals surface area contributed by atoms with E-state index in [1.807, 2.05) is 6.07 Å². The van der Waals surface area contributed by atoms with Gasteiger partial charge in [0.25, 0.3) is 5.70 Å². The standard InChI is InChI=1S/C8H7NO2/c1-7(8(10)11)9-5-3-2-4-6-9/h2-6H,1H2/p+1. The lowest BCUT2D eigenvalue weighted by Gasteiger charge is -1.90. The fraction of sp³-hybridized carbons (Fsp3) is 0. The van der Waals surface area contributed by atoms with Crippen molar-refractivity contribution in [2.45, 2.75) is 0 Å². The van der Waals surface area contributed by atoms with Crippen molar-refractivity contribution in [2.75, 3.05) is 0 Å². The Morgan fingerprint density at radius 1 is 1.27 bits per heavy atom. The van der Waals surface area contributed by atoms with E-state index in [2.05, 4.69) is 6.58 Å². The molecular formula is C8H8NO2+. The average Bonchev–Trinajstić information content (AvgIpc) is 2.05. The minimum Gasteiger partial charge on any atom is -0.473 e. The summed E-state index contributed by atoms with van der Waals surface area (Å²) >= 11 is 0. The fourth-order valence-corrected chi connectivity index (χ4v) is 0.689. The van der Waals surface area contributed by atoms with E-state index < -0.39 is 5.97 Å². The Balaban J connectivity index is 2.95. The quantitative estimate of drug-likeness (QED) is 0.493. The van der Waals surface area contributed by atoms with Crippen LogP contribution in [0.4, 0.5) is 0 Å². The van der Waals surface area contributed by atoms with Crippen LogP contribution in [0.25, 0.3) is 5.70 Å². The van der Waals surface area contributed by atoms with Crippen LogP contribution < -0.4 is 4.57 Å². The van der Waals surface area contributed by atoms with E-state index >= 15 is 0 Å². The minimum absolute atomic E-state index is 0.0469. The molecule has 0 unspecified atom stereocenters. The smallest absolute Gasteiger partial charge is 0.401 e. The third-order valence-electron chi connectivity index (χ3n) is 1.27. The number of pyridine rings is 1. The summed E-state index contributed by atoms with van der Waals surface area (Å²) < 4.78 is 1.45. The van der Waals surface area contributed by atoms with Crippen LogP contribution in [0, 0.1) is 0 Å². The Hall–Kier alpha value is -1.64. The van der Waals surface area contributed by atoms with Crippen molar-refractivity contribution in [2.24, 2.45) is 0 Å². The second kappa shape index (κ2) is 2.96. The zero-order chi connectivity index (χ0) is 8.27. The van der Waals surface area contributed by atoms with Crippen molar-refractivity contribution in [3.8, 4) is 0 Å². The Morgan fingerprint density at radius 2 is 1.82 bits per heavy atom. The first-order valence-electron chi connectivity index (χ1n) is 3.10. The van der Waals surface area contributed by atoms with Gasteiger partial charge < -0.3 is 5.11 Å². The molecule has 0 aliphatic heterocycles. The summed E-state index contributed by atoms with van der Waals surface area (Å²) in [6, 6.07) is 5.30. The largest absolute Gasteiger partial charge is 0.473 e. The van der Waals surface area contributed by atoms with Gasteiger partial charge in [-0.3, -0.25) is 0 Å². The van der Waals surface area contributed by atoms with Gasteiger partial charge in [-0.15, -0.1) is 0 Å². The van der Waals surface area contributed by atoms with Gasteiger partial charge in [-0.05, 0) is 6.58 Å². The monoisotopic (exact) mass is 150 g/mol. The average molecular weight is 150 g/mol. The molecule has 0 saturated carbocycles. The summed E-state index contributed by atoms with van der Waals surface area (Å²) in [5, 5.41) is 8.52. The number of aliphatic carboxylic acids is 1. The Bertz CT molecular complexity index is 279. The predicted molar refractivity (Wildman–Crippen MR) is 39.6 cm³/mol. The molecule has 1 N–H and O–H groups in total. The third-order valence-corrected chi connectivity index (χ3v) is 1.27. The molecule has 3 heteroatoms. The van der Waals surface area contributed by atoms with Crippen LogP contribution in [0.5, 0.6) is 0 Å². The van der Waals surface area contributed by atoms with Crippen LogP contribution in [-0.4, -0.2) is 11.1 Å². The molecule has 0 radical (unpaired) electrons. The summed E-state index contributed by atoms with van der Waals surface area (Å²) in [4.78, 5) is 10.4. The first-order valence-corrected chi connectivity index (χ1v) is 3.10. The van der Waals surface area contributed by atoms with Crippen molar-refractivity contribution < 1.29 is 14.5 Å². The summed E-state index contributed by atoms with van der Waals surface area (Å²) in [6.07, 6.45) is 3.27. The number of carboxylic acids is 1. The predicted octanol–water partition coefficient (Wildman–Crippen LogP) is 0.529. The van der Waals surface area contributed by atoms with E-state index in [0.717, 1.165) is 0 Å². The molecular weight excluding hydrogens is 142 g/mol. The lowest BCUT2D eigenvalue weighted by molar-refractivity contribution is -0.578. The molecule has 1 aromatic heterocycles. The van der Waals surface area contributed by atoms with Crippen LogP contribution in [0.1, 0.15) is 0 Å². The number of nitrogens with zero attached hydrogens (tertiary/aromatic N) is 1. The van der Waals surface area contributed by atoms with Gasteiger partial charge >= 0.3 is 5.97 Å². The molecule has 0 fully saturated rings. The number of aromatic nitrogens is 1. The molecule has 3 nitrogen and oxygen atoms in total. The Labute approximate surface area is 64.2 Å². The van der Waals surface area contributed by atoms with Crippen molar-refractivity contribution in [1.82, 2.24) is 0 Å². The number of carbonyl (C=O) groups is 1. The van der Waals surface area contributed by atoms with E-state index in [4.69, 9.17) is 5.11 Å². The van der Waals surface area contributed by atoms with Gasteiger partial charge in [0.1, 0.15) is 0 Å². The van der Waals surface area contributed by atoms with E-state index in [9.17, 15) is 4.79 Å². The Kier molecular flexibility index (Phi) is 2.01. The molecule has 0 atom stereocenters. The normalized spacial score (nSPS) is 9.09. The van der Waals surface area contributed by atoms with Crippen LogP contribution in [0.2, 0.25) is 0 Å². The Morgan fingerprint density at radius 3 is 2.27 bits per heavy atom. The molecule has 0 aromatic carbocycles. The van der Waals surface area contributed by atoms with Crippen molar-refractivity contribution in [3.63, 3.8) is 0 Å². The van der Waals surface area contributed by atoms with Gasteiger partial charge in [0.05, 0.1) is 0 Å². The summed E-state index contributed by atoms with van der Waals surface area (Å²) in [5.41, 5.74) is 0.0469. The van der Waals surface area contributed by atoms with Gasteiger partial charge in [0, 0.05) is 12.1 Å². The van der Waals surface area contributed by atoms with Crippen LogP contribution >= 0.6 is 0 Å². The molecule has 0 bridgehead atoms. The molecule has 0 aliphatic carbocycles. The molecule has 0 aliphatic rings. The van der Waals surface area contributed by atoms with Gasteiger partial charge in [-0.1, -0.05) is 6.07 Å². The van der Waals surface area contributed by atoms with Crippen LogP contribution in [0.15, 0.2) is 37.2 Å². The van der Waals surface area contributed by atoms with Crippen LogP contribution in [0.3, 0.4) is 0 Å². The number of hydrogen-bond acceptors (Lipinski definition) is 1. The zero-order valence-electron chi connectivity index (χ0n) is 5.90. The van der Waals surface area contributed by atoms with Crippen LogP contribution in [-0.2, 0) is 4.79 Å². The highest BCUT2D eigenvalue weighted by molar-refractivity contribution is 6.03. The molecule has 0 saturated heterocycles. The maximum Gasteiger partial charge on any atom is 0.401 e. The van der Waals surface area contributed by atoms with Crippen molar-refractivity contribution >= 4 is 11.7 Å². The highest BCUT2D eigenvalue weighted by atomic mass is 16.4. The summed E-state index contributed by atoms with van der Waals surface area (Å²) in [6.45, 7) is 3.39. The second-order valence-corrected chi connectivity index (χ2v) is 2.03. The van der Waals surface area contributed by atoms with Gasteiger partial charge in [0.15, 0.2) is 12.4 Å². The SMILES string of the molecule is C=C(C(=O)O)[n+]1ccccc1. The minimum atomic E-state index is -1.01. The van der Waals surface area contributed by atoms with E-state index in [0.29, 0.717) is 0 Å². The fourth-order valence-electron chi connectivity index (χ4n) is 0.689. The molecule has 0 spiro atoms. The maximum atomic E-state index is 10.4. The summed E-state index contributed by atoms with van der Waals surface area (Å²) in [5.74, 6) is -1.01. The molecule has 56 valence electrons. The third kappa shape index (κ3) is 1.64. The van der Waals surface area contributed by atoms with Crippen molar-refractivity contribution in [1.29, 1.82) is 0 Å². The van der Waals surface area contributed by atoms with Gasteiger partial charge in [0.2, 0.25) is 0 Å². The molecule has 1 rings (SSSR count). The molecule has 11 heavy (non-hydrogen) atoms. The molecule has 1 aromatic rings. The highest BCUT2D eigenvalue weighted by Gasteiger charge is 2.13. The second-order valence-electron chi connectivity index (χ2n) is 2.03. The van der Waals surface area contributed by atoms with Gasteiger partial charge in [-0.2, -0.15) is 4.57 Å². The number of carboxylic acid groups (broad SMARTS) is 1. The molecule has 0 amide bonds. The first kappa shape index (κ1) is 7.47. The number of rotatable bonds is 2. The van der Waals surface area contributed by atoms with E-state index in [-0.39, 0.29) is 5.70 Å². The van der Waals surface area contributed by atoms with Crippen molar-refractivity contribution in [3.05, 3.63) is 37.2 Å². The highest BCUT2D eigenvalue weighted by Crippen LogP contribution is 1.87. The summed E-state index contributed by atoms with van der Waals surface area (Å²) in [7, 11) is 0. The van der Waals surface area contributed by atoms with E-state index in [1.54, 1.807) is 24.5 Å².